The smallest absolute Gasteiger partial charge is 0.343 e. The normalized spacial score (nSPS) is 11.4. The molecule has 1 unspecified atom stereocenters. The summed E-state index contributed by atoms with van der Waals surface area (Å²) in [7, 11) is 0. The summed E-state index contributed by atoms with van der Waals surface area (Å²) in [4.78, 5) is 50.9. The highest BCUT2D eigenvalue weighted by molar-refractivity contribution is 5.92. The van der Waals surface area contributed by atoms with Gasteiger partial charge in [0.15, 0.2) is 0 Å². The average Bonchev–Trinajstić information content (AvgIpc) is 3.24. The first kappa shape index (κ1) is 46.4. The Bertz CT molecular complexity index is 1830. The molecule has 0 N–H and O–H groups in total. The van der Waals surface area contributed by atoms with Gasteiger partial charge in [-0.25, -0.2) is 9.59 Å². The second-order valence-corrected chi connectivity index (χ2v) is 15.6. The van der Waals surface area contributed by atoms with Gasteiger partial charge in [0.2, 0.25) is 0 Å². The van der Waals surface area contributed by atoms with Crippen LogP contribution in [0.4, 0.5) is 0 Å². The fraction of sp³-hybridized carbons (Fsp3) is 0.451. The van der Waals surface area contributed by atoms with E-state index in [4.69, 9.17) is 18.9 Å². The van der Waals surface area contributed by atoms with Crippen LogP contribution in [0, 0.1) is 5.92 Å². The topological polar surface area (TPSA) is 105 Å². The van der Waals surface area contributed by atoms with Crippen LogP contribution in [0.15, 0.2) is 97.1 Å². The van der Waals surface area contributed by atoms with Gasteiger partial charge in [0.25, 0.3) is 0 Å². The quantitative estimate of drug-likeness (QED) is 0.0333. The Morgan fingerprint density at radius 3 is 1.12 bits per heavy atom. The number of unbranched alkanes of at least 4 members (excludes halogenated alkanes) is 14. The van der Waals surface area contributed by atoms with Crippen molar-refractivity contribution in [2.24, 2.45) is 5.92 Å². The number of hydrogen-bond donors (Lipinski definition) is 0. The summed E-state index contributed by atoms with van der Waals surface area (Å²) in [5.41, 5.74) is 3.06. The van der Waals surface area contributed by atoms with Crippen LogP contribution in [0.3, 0.4) is 0 Å². The standard InChI is InChI=1S/C51H64O8/c1-4-6-8-10-12-14-16-18-20-40-22-30-45(31-23-40)58-50(54)42-26-34-44(35-27-42)56-48(52)38-39(3)49(53)57-47-36-28-43(29-37-47)51(55)59-46-32-24-41(25-33-46)21-19-17-15-13-11-9-7-5-2/h22-37,39H,4-21,38H2,1-3H3. The van der Waals surface area contributed by atoms with Gasteiger partial charge in [-0.1, -0.05) is 135 Å². The molecule has 316 valence electrons. The third kappa shape index (κ3) is 18.1. The first-order chi connectivity index (χ1) is 28.7. The van der Waals surface area contributed by atoms with Gasteiger partial charge in [0, 0.05) is 0 Å². The van der Waals surface area contributed by atoms with Gasteiger partial charge >= 0.3 is 23.9 Å². The van der Waals surface area contributed by atoms with Crippen LogP contribution in [0.1, 0.15) is 162 Å². The number of carbonyl (C=O) groups is 4. The molecule has 4 aromatic rings. The van der Waals surface area contributed by atoms with Crippen molar-refractivity contribution in [2.75, 3.05) is 0 Å². The summed E-state index contributed by atoms with van der Waals surface area (Å²) in [6, 6.07) is 27.3. The molecule has 1 atom stereocenters. The van der Waals surface area contributed by atoms with E-state index in [2.05, 4.69) is 13.8 Å². The summed E-state index contributed by atoms with van der Waals surface area (Å²) < 4.78 is 21.9. The minimum absolute atomic E-state index is 0.222. The van der Waals surface area contributed by atoms with Gasteiger partial charge in [0.1, 0.15) is 23.0 Å². The van der Waals surface area contributed by atoms with Crippen LogP contribution in [0.5, 0.6) is 23.0 Å². The predicted molar refractivity (Wildman–Crippen MR) is 233 cm³/mol. The van der Waals surface area contributed by atoms with Gasteiger partial charge in [-0.3, -0.25) is 9.59 Å². The number of esters is 4. The largest absolute Gasteiger partial charge is 0.427 e. The molecule has 0 aliphatic carbocycles. The summed E-state index contributed by atoms with van der Waals surface area (Å²) in [6.45, 7) is 6.04. The van der Waals surface area contributed by atoms with E-state index in [1.165, 1.54) is 150 Å². The van der Waals surface area contributed by atoms with Crippen molar-refractivity contribution in [3.8, 4) is 23.0 Å². The highest BCUT2D eigenvalue weighted by Crippen LogP contribution is 2.22. The lowest BCUT2D eigenvalue weighted by atomic mass is 10.0. The van der Waals surface area contributed by atoms with Gasteiger partial charge in [-0.2, -0.15) is 0 Å². The molecule has 8 heteroatoms. The third-order valence-corrected chi connectivity index (χ3v) is 10.4. The molecule has 59 heavy (non-hydrogen) atoms. The summed E-state index contributed by atoms with van der Waals surface area (Å²) in [6.07, 6.45) is 22.3. The van der Waals surface area contributed by atoms with Crippen molar-refractivity contribution >= 4 is 23.9 Å². The Morgan fingerprint density at radius 1 is 0.407 bits per heavy atom. The van der Waals surface area contributed by atoms with Crippen LogP contribution < -0.4 is 18.9 Å². The van der Waals surface area contributed by atoms with E-state index in [0.29, 0.717) is 22.6 Å². The molecule has 0 aliphatic rings. The maximum atomic E-state index is 12.8. The van der Waals surface area contributed by atoms with E-state index in [1.54, 1.807) is 6.92 Å². The fourth-order valence-electron chi connectivity index (χ4n) is 6.75. The Balaban J connectivity index is 1.12. The van der Waals surface area contributed by atoms with Crippen LogP contribution in [0.2, 0.25) is 0 Å². The van der Waals surface area contributed by atoms with Crippen LogP contribution >= 0.6 is 0 Å². The molecule has 0 saturated carbocycles. The van der Waals surface area contributed by atoms with Crippen molar-refractivity contribution in [3.05, 3.63) is 119 Å². The second-order valence-electron chi connectivity index (χ2n) is 15.6. The zero-order valence-electron chi connectivity index (χ0n) is 35.5. The van der Waals surface area contributed by atoms with E-state index in [0.717, 1.165) is 25.7 Å². The van der Waals surface area contributed by atoms with Crippen molar-refractivity contribution in [3.63, 3.8) is 0 Å². The summed E-state index contributed by atoms with van der Waals surface area (Å²) in [5, 5.41) is 0. The van der Waals surface area contributed by atoms with E-state index >= 15 is 0 Å². The van der Waals surface area contributed by atoms with Crippen LogP contribution in [-0.2, 0) is 22.4 Å². The number of carbonyl (C=O) groups excluding carboxylic acids is 4. The molecule has 0 aliphatic heterocycles. The first-order valence-corrected chi connectivity index (χ1v) is 22.0. The summed E-state index contributed by atoms with van der Waals surface area (Å²) >= 11 is 0. The van der Waals surface area contributed by atoms with Gasteiger partial charge in [-0.15, -0.1) is 0 Å². The van der Waals surface area contributed by atoms with Crippen molar-refractivity contribution < 1.29 is 38.1 Å². The number of hydrogen-bond acceptors (Lipinski definition) is 8. The van der Waals surface area contributed by atoms with Crippen LogP contribution in [0.25, 0.3) is 0 Å². The minimum Gasteiger partial charge on any atom is -0.427 e. The van der Waals surface area contributed by atoms with E-state index < -0.39 is 29.8 Å². The number of aryl methyl sites for hydroxylation is 2. The molecule has 0 aromatic heterocycles. The van der Waals surface area contributed by atoms with Gasteiger partial charge in [-0.05, 0) is 110 Å². The molecule has 0 radical (unpaired) electrons. The Hall–Kier alpha value is -5.24. The van der Waals surface area contributed by atoms with Crippen molar-refractivity contribution in [2.45, 2.75) is 143 Å². The van der Waals surface area contributed by atoms with Crippen LogP contribution in [-0.4, -0.2) is 23.9 Å². The lowest BCUT2D eigenvalue weighted by Crippen LogP contribution is -2.23. The highest BCUT2D eigenvalue weighted by atomic mass is 16.5. The Morgan fingerprint density at radius 2 is 0.729 bits per heavy atom. The SMILES string of the molecule is CCCCCCCCCCc1ccc(OC(=O)c2ccc(OC(=O)CC(C)C(=O)Oc3ccc(C(=O)Oc4ccc(CCCCCCCCCC)cc4)cc3)cc2)cc1. The lowest BCUT2D eigenvalue weighted by molar-refractivity contribution is -0.144. The maximum absolute atomic E-state index is 12.8. The lowest BCUT2D eigenvalue weighted by Gasteiger charge is -2.12. The highest BCUT2D eigenvalue weighted by Gasteiger charge is 2.21. The van der Waals surface area contributed by atoms with Crippen molar-refractivity contribution in [1.29, 1.82) is 0 Å². The van der Waals surface area contributed by atoms with E-state index in [1.807, 2.05) is 48.5 Å². The van der Waals surface area contributed by atoms with E-state index in [9.17, 15) is 19.2 Å². The predicted octanol–water partition coefficient (Wildman–Crippen LogP) is 13.0. The Labute approximate surface area is 352 Å². The number of benzene rings is 4. The molecule has 0 heterocycles. The van der Waals surface area contributed by atoms with Gasteiger partial charge in [0.05, 0.1) is 23.5 Å². The zero-order chi connectivity index (χ0) is 42.1. The minimum atomic E-state index is -0.799. The maximum Gasteiger partial charge on any atom is 0.343 e. The van der Waals surface area contributed by atoms with Gasteiger partial charge < -0.3 is 18.9 Å². The second kappa shape index (κ2) is 26.7. The molecular formula is C51H64O8. The Kier molecular flexibility index (Phi) is 21.0. The molecule has 0 amide bonds. The zero-order valence-corrected chi connectivity index (χ0v) is 35.5. The molecule has 0 saturated heterocycles. The van der Waals surface area contributed by atoms with E-state index in [-0.39, 0.29) is 17.9 Å². The average molecular weight is 805 g/mol. The first-order valence-electron chi connectivity index (χ1n) is 22.0. The molecule has 4 aromatic carbocycles. The molecule has 0 spiro atoms. The molecule has 0 fully saturated rings. The van der Waals surface area contributed by atoms with Crippen molar-refractivity contribution in [1.82, 2.24) is 0 Å². The molecule has 8 nitrogen and oxygen atoms in total. The number of ether oxygens (including phenoxy) is 4. The molecule has 4 rings (SSSR count). The molecule has 0 bridgehead atoms. The third-order valence-electron chi connectivity index (χ3n) is 10.4. The monoisotopic (exact) mass is 804 g/mol. The summed E-state index contributed by atoms with van der Waals surface area (Å²) in [5.74, 6) is -1.70. The fourth-order valence-corrected chi connectivity index (χ4v) is 6.75. The number of rotatable bonds is 27. The molecular weight excluding hydrogens is 741 g/mol.